The molecule has 0 saturated heterocycles. The highest BCUT2D eigenvalue weighted by Crippen LogP contribution is 2.41. The maximum Gasteiger partial charge on any atom is 0.434 e. The molecule has 24 heavy (non-hydrogen) atoms. The lowest BCUT2D eigenvalue weighted by molar-refractivity contribution is -0.150. The molecule has 0 amide bonds. The van der Waals surface area contributed by atoms with Crippen molar-refractivity contribution < 1.29 is 45.4 Å². The minimum Gasteiger partial charge on any atom is -0.465 e. The molecule has 1 aromatic heterocycles. The van der Waals surface area contributed by atoms with Gasteiger partial charge in [-0.05, 0) is 6.92 Å². The van der Waals surface area contributed by atoms with Crippen molar-refractivity contribution in [3.05, 3.63) is 27.5 Å². The summed E-state index contributed by atoms with van der Waals surface area (Å²) in [5, 5.41) is -1.41. The van der Waals surface area contributed by atoms with Gasteiger partial charge in [0.2, 0.25) is 0 Å². The SMILES string of the molecule is CCOC(=O)c1c(C(F)(F)F)nc(C(F)(F)F)c(C(=O)OC)c1Cl. The second-order valence-electron chi connectivity index (χ2n) is 4.08. The van der Waals surface area contributed by atoms with Crippen LogP contribution in [0.4, 0.5) is 26.3 Å². The van der Waals surface area contributed by atoms with Gasteiger partial charge in [-0.1, -0.05) is 11.6 Å². The Morgan fingerprint density at radius 2 is 1.42 bits per heavy atom. The average molecular weight is 380 g/mol. The van der Waals surface area contributed by atoms with Gasteiger partial charge in [0, 0.05) is 0 Å². The highest BCUT2D eigenvalue weighted by atomic mass is 35.5. The van der Waals surface area contributed by atoms with Crippen LogP contribution in [0.15, 0.2) is 0 Å². The zero-order chi connectivity index (χ0) is 18.9. The summed E-state index contributed by atoms with van der Waals surface area (Å²) >= 11 is 5.49. The summed E-state index contributed by atoms with van der Waals surface area (Å²) in [5.41, 5.74) is -7.45. The summed E-state index contributed by atoms with van der Waals surface area (Å²) < 4.78 is 86.3. The van der Waals surface area contributed by atoms with E-state index in [-0.39, 0.29) is 6.61 Å². The fourth-order valence-corrected chi connectivity index (χ4v) is 1.98. The predicted molar refractivity (Wildman–Crippen MR) is 66.5 cm³/mol. The quantitative estimate of drug-likeness (QED) is 0.591. The summed E-state index contributed by atoms with van der Waals surface area (Å²) in [6.45, 7) is 0.860. The van der Waals surface area contributed by atoms with Crippen LogP contribution in [0.5, 0.6) is 0 Å². The molecule has 0 aromatic carbocycles. The van der Waals surface area contributed by atoms with Crippen molar-refractivity contribution in [1.29, 1.82) is 0 Å². The first-order chi connectivity index (χ1) is 10.9. The number of aromatic nitrogens is 1. The Labute approximate surface area is 135 Å². The molecule has 0 aliphatic rings. The van der Waals surface area contributed by atoms with Crippen LogP contribution in [-0.2, 0) is 21.8 Å². The number of methoxy groups -OCH3 is 1. The van der Waals surface area contributed by atoms with Crippen LogP contribution in [0.3, 0.4) is 0 Å². The summed E-state index contributed by atoms with van der Waals surface area (Å²) in [4.78, 5) is 25.6. The molecular formula is C12H8ClF6NO4. The number of hydrogen-bond acceptors (Lipinski definition) is 5. The van der Waals surface area contributed by atoms with E-state index in [1.807, 2.05) is 0 Å². The number of rotatable bonds is 3. The zero-order valence-corrected chi connectivity index (χ0v) is 12.7. The molecule has 1 aromatic rings. The van der Waals surface area contributed by atoms with E-state index >= 15 is 0 Å². The molecule has 134 valence electrons. The molecule has 1 rings (SSSR count). The molecule has 5 nitrogen and oxygen atoms in total. The Balaban J connectivity index is 3.95. The number of pyridine rings is 1. The second kappa shape index (κ2) is 6.83. The smallest absolute Gasteiger partial charge is 0.434 e. The maximum absolute atomic E-state index is 13.0. The van der Waals surface area contributed by atoms with Gasteiger partial charge in [-0.2, -0.15) is 26.3 Å². The predicted octanol–water partition coefficient (Wildman–Crippen LogP) is 3.74. The van der Waals surface area contributed by atoms with Crippen LogP contribution in [0, 0.1) is 0 Å². The molecule has 0 fully saturated rings. The molecule has 0 bridgehead atoms. The average Bonchev–Trinajstić information content (AvgIpc) is 2.43. The molecule has 1 heterocycles. The fourth-order valence-electron chi connectivity index (χ4n) is 1.64. The van der Waals surface area contributed by atoms with Crippen LogP contribution >= 0.6 is 11.6 Å². The Bertz CT molecular complexity index is 671. The molecule has 0 radical (unpaired) electrons. The molecule has 0 aliphatic carbocycles. The van der Waals surface area contributed by atoms with Gasteiger partial charge in [0.1, 0.15) is 11.1 Å². The van der Waals surface area contributed by atoms with Crippen molar-refractivity contribution in [1.82, 2.24) is 4.98 Å². The third-order valence-electron chi connectivity index (χ3n) is 2.54. The molecule has 0 aliphatic heterocycles. The number of nitrogens with zero attached hydrogens (tertiary/aromatic N) is 1. The van der Waals surface area contributed by atoms with Crippen LogP contribution in [0.1, 0.15) is 39.0 Å². The fraction of sp³-hybridized carbons (Fsp3) is 0.417. The molecule has 0 atom stereocenters. The first kappa shape index (κ1) is 20.0. The highest BCUT2D eigenvalue weighted by Gasteiger charge is 2.47. The van der Waals surface area contributed by atoms with Gasteiger partial charge < -0.3 is 9.47 Å². The Hall–Kier alpha value is -2.04. The largest absolute Gasteiger partial charge is 0.465 e. The van der Waals surface area contributed by atoms with Crippen molar-refractivity contribution in [3.8, 4) is 0 Å². The van der Waals surface area contributed by atoms with E-state index in [1.54, 1.807) is 0 Å². The number of carbonyl (C=O) groups is 2. The van der Waals surface area contributed by atoms with E-state index in [2.05, 4.69) is 14.5 Å². The van der Waals surface area contributed by atoms with E-state index in [9.17, 15) is 35.9 Å². The van der Waals surface area contributed by atoms with Crippen molar-refractivity contribution in [2.24, 2.45) is 0 Å². The first-order valence-electron chi connectivity index (χ1n) is 5.99. The molecule has 0 saturated carbocycles. The van der Waals surface area contributed by atoms with Crippen molar-refractivity contribution in [2.45, 2.75) is 19.3 Å². The molecule has 12 heteroatoms. The summed E-state index contributed by atoms with van der Waals surface area (Å²) in [6.07, 6.45) is -10.9. The van der Waals surface area contributed by atoms with Crippen LogP contribution in [-0.4, -0.2) is 30.6 Å². The van der Waals surface area contributed by atoms with Gasteiger partial charge in [0.15, 0.2) is 11.4 Å². The number of esters is 2. The lowest BCUT2D eigenvalue weighted by atomic mass is 10.1. The number of alkyl halides is 6. The van der Waals surface area contributed by atoms with Gasteiger partial charge in [-0.25, -0.2) is 14.6 Å². The lowest BCUT2D eigenvalue weighted by Gasteiger charge is -2.18. The Kier molecular flexibility index (Phi) is 5.70. The van der Waals surface area contributed by atoms with Crippen LogP contribution < -0.4 is 0 Å². The lowest BCUT2D eigenvalue weighted by Crippen LogP contribution is -2.25. The van der Waals surface area contributed by atoms with Gasteiger partial charge in [-0.3, -0.25) is 0 Å². The first-order valence-corrected chi connectivity index (χ1v) is 6.37. The minimum atomic E-state index is -5.46. The summed E-state index contributed by atoms with van der Waals surface area (Å²) in [6, 6.07) is 0. The molecule has 0 unspecified atom stereocenters. The standard InChI is InChI=1S/C12H8ClF6NO4/c1-3-24-10(22)5-6(13)4(9(21)23-2)7(11(14,15)16)20-8(5)12(17,18)19/h3H2,1-2H3. The second-order valence-corrected chi connectivity index (χ2v) is 4.46. The van der Waals surface area contributed by atoms with Crippen molar-refractivity contribution in [3.63, 3.8) is 0 Å². The van der Waals surface area contributed by atoms with Gasteiger partial charge in [0.25, 0.3) is 0 Å². The normalized spacial score (nSPS) is 12.0. The Morgan fingerprint density at radius 1 is 1.00 bits per heavy atom. The van der Waals surface area contributed by atoms with E-state index in [1.165, 1.54) is 6.92 Å². The third-order valence-corrected chi connectivity index (χ3v) is 2.92. The number of halogens is 7. The summed E-state index contributed by atoms with van der Waals surface area (Å²) in [7, 11) is 0.681. The summed E-state index contributed by atoms with van der Waals surface area (Å²) in [5.74, 6) is -3.39. The van der Waals surface area contributed by atoms with Gasteiger partial charge in [0.05, 0.1) is 18.7 Å². The number of carbonyl (C=O) groups excluding carboxylic acids is 2. The monoisotopic (exact) mass is 379 g/mol. The van der Waals surface area contributed by atoms with E-state index < -0.39 is 51.8 Å². The third kappa shape index (κ3) is 3.89. The molecule has 0 spiro atoms. The van der Waals surface area contributed by atoms with Crippen LogP contribution in [0.25, 0.3) is 0 Å². The molecule has 0 N–H and O–H groups in total. The van der Waals surface area contributed by atoms with Crippen LogP contribution in [0.2, 0.25) is 5.02 Å². The van der Waals surface area contributed by atoms with E-state index in [0.717, 1.165) is 0 Å². The minimum absolute atomic E-state index is 0.388. The van der Waals surface area contributed by atoms with E-state index in [0.29, 0.717) is 7.11 Å². The van der Waals surface area contributed by atoms with Crippen molar-refractivity contribution >= 4 is 23.5 Å². The van der Waals surface area contributed by atoms with E-state index in [4.69, 9.17) is 11.6 Å². The van der Waals surface area contributed by atoms with Gasteiger partial charge >= 0.3 is 24.3 Å². The topological polar surface area (TPSA) is 65.5 Å². The number of ether oxygens (including phenoxy) is 2. The molecular weight excluding hydrogens is 372 g/mol. The van der Waals surface area contributed by atoms with Gasteiger partial charge in [-0.15, -0.1) is 0 Å². The highest BCUT2D eigenvalue weighted by molar-refractivity contribution is 6.36. The Morgan fingerprint density at radius 3 is 1.75 bits per heavy atom. The zero-order valence-electron chi connectivity index (χ0n) is 11.9. The number of hydrogen-bond donors (Lipinski definition) is 0. The maximum atomic E-state index is 13.0. The van der Waals surface area contributed by atoms with Crippen molar-refractivity contribution in [2.75, 3.05) is 13.7 Å².